The van der Waals surface area contributed by atoms with E-state index in [9.17, 15) is 8.42 Å². The van der Waals surface area contributed by atoms with Crippen molar-refractivity contribution in [2.75, 3.05) is 11.8 Å². The second-order valence-corrected chi connectivity index (χ2v) is 9.07. The molecule has 0 radical (unpaired) electrons. The zero-order chi connectivity index (χ0) is 21.6. The van der Waals surface area contributed by atoms with Crippen LogP contribution in [0.1, 0.15) is 5.56 Å². The maximum atomic E-state index is 12.8. The molecule has 0 aliphatic rings. The number of ether oxygens (including phenoxy) is 1. The van der Waals surface area contributed by atoms with Crippen molar-refractivity contribution < 1.29 is 13.2 Å². The molecule has 3 N–H and O–H groups in total. The molecule has 0 saturated carbocycles. The minimum absolute atomic E-state index is 0.159. The first kappa shape index (κ1) is 19.2. The summed E-state index contributed by atoms with van der Waals surface area (Å²) in [5.41, 5.74) is 5.07. The lowest BCUT2D eigenvalue weighted by Crippen LogP contribution is -2.12. The number of H-pyrrole nitrogens is 2. The fraction of sp³-hybridized carbons (Fsp3) is 0.0870. The quantitative estimate of drug-likeness (QED) is 0.370. The van der Waals surface area contributed by atoms with E-state index in [0.29, 0.717) is 11.4 Å². The largest absolute Gasteiger partial charge is 0.497 e. The van der Waals surface area contributed by atoms with Gasteiger partial charge in [-0.25, -0.2) is 8.42 Å². The van der Waals surface area contributed by atoms with Gasteiger partial charge in [0.25, 0.3) is 10.0 Å². The lowest BCUT2D eigenvalue weighted by Gasteiger charge is -2.09. The molecule has 156 valence electrons. The number of aromatic nitrogens is 3. The van der Waals surface area contributed by atoms with E-state index in [1.165, 1.54) is 24.8 Å². The molecule has 2 heterocycles. The highest BCUT2D eigenvalue weighted by atomic mass is 32.2. The summed E-state index contributed by atoms with van der Waals surface area (Å²) in [6.45, 7) is 2.05. The SMILES string of the molecule is COc1ccc(S(=O)(=O)Nc2ccc3[nH]nc(-c4cc5ccc(C)cc5[nH]4)c3c2)cc1. The van der Waals surface area contributed by atoms with Crippen molar-refractivity contribution in [2.45, 2.75) is 11.8 Å². The van der Waals surface area contributed by atoms with Crippen LogP contribution in [0.25, 0.3) is 33.2 Å². The van der Waals surface area contributed by atoms with Crippen LogP contribution in [0.2, 0.25) is 0 Å². The number of rotatable bonds is 5. The monoisotopic (exact) mass is 432 g/mol. The van der Waals surface area contributed by atoms with Crippen LogP contribution in [0, 0.1) is 6.92 Å². The van der Waals surface area contributed by atoms with E-state index < -0.39 is 10.0 Å². The Morgan fingerprint density at radius 1 is 0.935 bits per heavy atom. The third kappa shape index (κ3) is 3.51. The summed E-state index contributed by atoms with van der Waals surface area (Å²) in [5, 5.41) is 9.38. The fourth-order valence-corrected chi connectivity index (χ4v) is 4.67. The van der Waals surface area contributed by atoms with Crippen LogP contribution in [0.4, 0.5) is 5.69 Å². The Labute approximate surface area is 179 Å². The van der Waals surface area contributed by atoms with Crippen LogP contribution in [-0.2, 0) is 10.0 Å². The maximum absolute atomic E-state index is 12.8. The molecule has 0 aliphatic heterocycles. The van der Waals surface area contributed by atoms with Gasteiger partial charge in [-0.15, -0.1) is 0 Å². The van der Waals surface area contributed by atoms with Gasteiger partial charge in [0.1, 0.15) is 11.4 Å². The van der Waals surface area contributed by atoms with Crippen molar-refractivity contribution >= 4 is 37.5 Å². The number of sulfonamides is 1. The highest BCUT2D eigenvalue weighted by Crippen LogP contribution is 2.31. The lowest BCUT2D eigenvalue weighted by molar-refractivity contribution is 0.414. The Morgan fingerprint density at radius 2 is 1.74 bits per heavy atom. The minimum Gasteiger partial charge on any atom is -0.497 e. The summed E-state index contributed by atoms with van der Waals surface area (Å²) in [6.07, 6.45) is 0. The molecule has 31 heavy (non-hydrogen) atoms. The molecule has 5 aromatic rings. The van der Waals surface area contributed by atoms with Crippen LogP contribution in [-0.4, -0.2) is 30.7 Å². The van der Waals surface area contributed by atoms with Crippen molar-refractivity contribution in [3.8, 4) is 17.1 Å². The van der Waals surface area contributed by atoms with Gasteiger partial charge in [0.05, 0.1) is 23.2 Å². The van der Waals surface area contributed by atoms with E-state index in [-0.39, 0.29) is 4.90 Å². The molecule has 0 amide bonds. The smallest absolute Gasteiger partial charge is 0.261 e. The summed E-state index contributed by atoms with van der Waals surface area (Å²) in [7, 11) is -2.20. The zero-order valence-corrected chi connectivity index (χ0v) is 17.7. The highest BCUT2D eigenvalue weighted by molar-refractivity contribution is 7.92. The first-order valence-electron chi connectivity index (χ1n) is 9.68. The number of benzene rings is 3. The standard InChI is InChI=1S/C23H20N4O3S/c1-14-3-4-15-12-22(24-21(15)11-14)23-19-13-16(5-10-20(19)25-26-23)27-31(28,29)18-8-6-17(30-2)7-9-18/h3-13,24,27H,1-2H3,(H,25,26). The van der Waals surface area contributed by atoms with E-state index in [1.807, 2.05) is 19.1 Å². The van der Waals surface area contributed by atoms with Gasteiger partial charge in [-0.2, -0.15) is 5.10 Å². The second-order valence-electron chi connectivity index (χ2n) is 7.39. The molecule has 0 atom stereocenters. The predicted octanol–water partition coefficient (Wildman–Crippen LogP) is 4.83. The zero-order valence-electron chi connectivity index (χ0n) is 16.9. The summed E-state index contributed by atoms with van der Waals surface area (Å²) < 4.78 is 33.3. The molecule has 8 heteroatoms. The summed E-state index contributed by atoms with van der Waals surface area (Å²) in [5.74, 6) is 0.594. The van der Waals surface area contributed by atoms with E-state index >= 15 is 0 Å². The average molecular weight is 433 g/mol. The third-order valence-corrected chi connectivity index (χ3v) is 6.62. The molecule has 7 nitrogen and oxygen atoms in total. The van der Waals surface area contributed by atoms with Crippen LogP contribution in [0.3, 0.4) is 0 Å². The molecule has 0 aliphatic carbocycles. The topological polar surface area (TPSA) is 99.9 Å². The Balaban J connectivity index is 1.52. The van der Waals surface area contributed by atoms with Crippen molar-refractivity contribution in [1.29, 1.82) is 0 Å². The summed E-state index contributed by atoms with van der Waals surface area (Å²) in [6, 6.07) is 19.8. The molecule has 5 rings (SSSR count). The molecular weight excluding hydrogens is 412 g/mol. The Kier molecular flexibility index (Phi) is 4.44. The molecule has 0 spiro atoms. The second kappa shape index (κ2) is 7.17. The lowest BCUT2D eigenvalue weighted by atomic mass is 10.1. The average Bonchev–Trinajstić information content (AvgIpc) is 3.36. The molecule has 3 aromatic carbocycles. The van der Waals surface area contributed by atoms with Gasteiger partial charge in [-0.3, -0.25) is 9.82 Å². The Morgan fingerprint density at radius 3 is 2.52 bits per heavy atom. The Bertz CT molecular complexity index is 1520. The van der Waals surface area contributed by atoms with Crippen LogP contribution < -0.4 is 9.46 Å². The number of hydrogen-bond donors (Lipinski definition) is 3. The third-order valence-electron chi connectivity index (χ3n) is 5.22. The highest BCUT2D eigenvalue weighted by Gasteiger charge is 2.16. The number of aromatic amines is 2. The maximum Gasteiger partial charge on any atom is 0.261 e. The van der Waals surface area contributed by atoms with Gasteiger partial charge in [0.15, 0.2) is 0 Å². The van der Waals surface area contributed by atoms with Gasteiger partial charge in [0.2, 0.25) is 0 Å². The molecule has 2 aromatic heterocycles. The van der Waals surface area contributed by atoms with E-state index in [0.717, 1.165) is 33.2 Å². The molecular formula is C23H20N4O3S. The van der Waals surface area contributed by atoms with Crippen molar-refractivity contribution in [3.63, 3.8) is 0 Å². The van der Waals surface area contributed by atoms with Crippen LogP contribution >= 0.6 is 0 Å². The normalized spacial score (nSPS) is 11.8. The molecule has 0 fully saturated rings. The number of aryl methyl sites for hydroxylation is 1. The molecule has 0 saturated heterocycles. The fourth-order valence-electron chi connectivity index (χ4n) is 3.62. The Hall–Kier alpha value is -3.78. The van der Waals surface area contributed by atoms with E-state index in [4.69, 9.17) is 4.74 Å². The van der Waals surface area contributed by atoms with Crippen LogP contribution in [0.15, 0.2) is 71.6 Å². The molecule has 0 bridgehead atoms. The number of nitrogens with one attached hydrogen (secondary N) is 3. The van der Waals surface area contributed by atoms with Crippen LogP contribution in [0.5, 0.6) is 5.75 Å². The number of nitrogens with zero attached hydrogens (tertiary/aromatic N) is 1. The molecule has 0 unspecified atom stereocenters. The van der Waals surface area contributed by atoms with Crippen molar-refractivity contribution in [3.05, 3.63) is 72.3 Å². The van der Waals surface area contributed by atoms with Crippen molar-refractivity contribution in [2.24, 2.45) is 0 Å². The van der Waals surface area contributed by atoms with Gasteiger partial charge in [-0.05, 0) is 67.1 Å². The van der Waals surface area contributed by atoms with Gasteiger partial charge in [0, 0.05) is 22.0 Å². The first-order chi connectivity index (χ1) is 14.9. The number of methoxy groups -OCH3 is 1. The summed E-state index contributed by atoms with van der Waals surface area (Å²) >= 11 is 0. The first-order valence-corrected chi connectivity index (χ1v) is 11.2. The van der Waals surface area contributed by atoms with E-state index in [2.05, 4.69) is 38.1 Å². The number of fused-ring (bicyclic) bond motifs is 2. The number of hydrogen-bond acceptors (Lipinski definition) is 4. The van der Waals surface area contributed by atoms with E-state index in [1.54, 1.807) is 24.3 Å². The van der Waals surface area contributed by atoms with Gasteiger partial charge >= 0.3 is 0 Å². The minimum atomic E-state index is -3.74. The van der Waals surface area contributed by atoms with Gasteiger partial charge in [-0.1, -0.05) is 12.1 Å². The predicted molar refractivity (Wildman–Crippen MR) is 122 cm³/mol. The summed E-state index contributed by atoms with van der Waals surface area (Å²) in [4.78, 5) is 3.56. The van der Waals surface area contributed by atoms with Gasteiger partial charge < -0.3 is 9.72 Å². The number of anilines is 1. The van der Waals surface area contributed by atoms with Crippen molar-refractivity contribution in [1.82, 2.24) is 15.2 Å².